The van der Waals surface area contributed by atoms with Gasteiger partial charge in [-0.1, -0.05) is 24.3 Å². The predicted octanol–water partition coefficient (Wildman–Crippen LogP) is 3.46. The lowest BCUT2D eigenvalue weighted by Gasteiger charge is -2.38. The highest BCUT2D eigenvalue weighted by Gasteiger charge is 2.38. The summed E-state index contributed by atoms with van der Waals surface area (Å²) >= 11 is 1.25. The van der Waals surface area contributed by atoms with Gasteiger partial charge in [-0.2, -0.15) is 0 Å². The van der Waals surface area contributed by atoms with Gasteiger partial charge in [-0.05, 0) is 38.5 Å². The Kier molecular flexibility index (Phi) is 5.68. The first-order valence-electron chi connectivity index (χ1n) is 10.1. The second kappa shape index (κ2) is 8.28. The molecule has 1 unspecified atom stereocenters. The normalized spacial score (nSPS) is 17.0. The van der Waals surface area contributed by atoms with E-state index in [1.54, 1.807) is 24.9 Å². The number of aromatic nitrogens is 1. The van der Waals surface area contributed by atoms with Crippen molar-refractivity contribution in [2.75, 3.05) is 19.7 Å². The van der Waals surface area contributed by atoms with Gasteiger partial charge in [0.25, 0.3) is 11.8 Å². The molecule has 1 atom stereocenters. The minimum Gasteiger partial charge on any atom is -0.478 e. The third kappa shape index (κ3) is 4.13. The Morgan fingerprint density at radius 1 is 1.26 bits per heavy atom. The zero-order valence-electron chi connectivity index (χ0n) is 17.8. The number of thiophene rings is 1. The summed E-state index contributed by atoms with van der Waals surface area (Å²) in [7, 11) is 0. The SMILES string of the molecule is Cc1ccccc1OC(C)(C)C(=O)N1CCOC(c2c(C(N)=O)sc3ncccc23)C1. The van der Waals surface area contributed by atoms with Crippen LogP contribution in [0.15, 0.2) is 42.6 Å². The number of nitrogens with zero attached hydrogens (tertiary/aromatic N) is 2. The highest BCUT2D eigenvalue weighted by molar-refractivity contribution is 7.20. The van der Waals surface area contributed by atoms with Crippen LogP contribution in [0.3, 0.4) is 0 Å². The molecule has 4 rings (SSSR count). The summed E-state index contributed by atoms with van der Waals surface area (Å²) in [4.78, 5) is 32.7. The van der Waals surface area contributed by atoms with Crippen LogP contribution in [0.4, 0.5) is 0 Å². The Morgan fingerprint density at radius 2 is 2.03 bits per heavy atom. The molecule has 31 heavy (non-hydrogen) atoms. The van der Waals surface area contributed by atoms with Gasteiger partial charge in [0.1, 0.15) is 21.6 Å². The molecule has 2 aromatic heterocycles. The smallest absolute Gasteiger partial charge is 0.266 e. The molecule has 1 aliphatic heterocycles. The summed E-state index contributed by atoms with van der Waals surface area (Å²) < 4.78 is 12.1. The average Bonchev–Trinajstić information content (AvgIpc) is 3.15. The van der Waals surface area contributed by atoms with Crippen molar-refractivity contribution in [3.05, 3.63) is 58.6 Å². The number of para-hydroxylation sites is 1. The largest absolute Gasteiger partial charge is 0.478 e. The molecular formula is C23H25N3O4S. The number of aryl methyl sites for hydroxylation is 1. The molecular weight excluding hydrogens is 414 g/mol. The van der Waals surface area contributed by atoms with E-state index in [0.29, 0.717) is 35.9 Å². The number of amides is 2. The van der Waals surface area contributed by atoms with Gasteiger partial charge in [0, 0.05) is 23.7 Å². The van der Waals surface area contributed by atoms with Crippen LogP contribution in [0.1, 0.15) is 40.8 Å². The number of carbonyl (C=O) groups excluding carboxylic acids is 2. The van der Waals surface area contributed by atoms with Gasteiger partial charge in [-0.15, -0.1) is 11.3 Å². The quantitative estimate of drug-likeness (QED) is 0.657. The lowest BCUT2D eigenvalue weighted by Crippen LogP contribution is -2.53. The summed E-state index contributed by atoms with van der Waals surface area (Å²) in [6.45, 7) is 6.59. The van der Waals surface area contributed by atoms with Crippen LogP contribution in [0, 0.1) is 6.92 Å². The fraction of sp³-hybridized carbons (Fsp3) is 0.348. The van der Waals surface area contributed by atoms with Crippen LogP contribution in [0.25, 0.3) is 10.2 Å². The molecule has 162 valence electrons. The van der Waals surface area contributed by atoms with Crippen molar-refractivity contribution in [3.63, 3.8) is 0 Å². The van der Waals surface area contributed by atoms with Crippen LogP contribution in [0.5, 0.6) is 5.75 Å². The van der Waals surface area contributed by atoms with Crippen molar-refractivity contribution in [2.24, 2.45) is 5.73 Å². The van der Waals surface area contributed by atoms with Gasteiger partial charge in [0.15, 0.2) is 5.60 Å². The van der Waals surface area contributed by atoms with E-state index < -0.39 is 17.6 Å². The average molecular weight is 440 g/mol. The molecule has 3 aromatic rings. The van der Waals surface area contributed by atoms with E-state index in [1.165, 1.54) is 11.3 Å². The number of morpholine rings is 1. The Hall–Kier alpha value is -2.97. The first-order chi connectivity index (χ1) is 14.8. The lowest BCUT2D eigenvalue weighted by atomic mass is 10.0. The third-order valence-electron chi connectivity index (χ3n) is 5.38. The summed E-state index contributed by atoms with van der Waals surface area (Å²) in [5.41, 5.74) is 6.25. The lowest BCUT2D eigenvalue weighted by molar-refractivity contribution is -0.153. The van der Waals surface area contributed by atoms with Gasteiger partial charge >= 0.3 is 0 Å². The molecule has 1 aromatic carbocycles. The van der Waals surface area contributed by atoms with Gasteiger partial charge in [-0.25, -0.2) is 4.98 Å². The molecule has 7 nitrogen and oxygen atoms in total. The monoisotopic (exact) mass is 439 g/mol. The van der Waals surface area contributed by atoms with Gasteiger partial charge < -0.3 is 20.1 Å². The Balaban J connectivity index is 1.60. The Morgan fingerprint density at radius 3 is 2.77 bits per heavy atom. The molecule has 0 spiro atoms. The molecule has 1 aliphatic rings. The van der Waals surface area contributed by atoms with Crippen LogP contribution in [-0.4, -0.2) is 47.0 Å². The minimum absolute atomic E-state index is 0.137. The zero-order valence-corrected chi connectivity index (χ0v) is 18.6. The fourth-order valence-electron chi connectivity index (χ4n) is 3.83. The van der Waals surface area contributed by atoms with Crippen molar-refractivity contribution < 1.29 is 19.1 Å². The first kappa shape index (κ1) is 21.3. The maximum absolute atomic E-state index is 13.4. The molecule has 2 N–H and O–H groups in total. The van der Waals surface area contributed by atoms with Crippen molar-refractivity contribution in [2.45, 2.75) is 32.5 Å². The molecule has 0 aliphatic carbocycles. The topological polar surface area (TPSA) is 94.7 Å². The van der Waals surface area contributed by atoms with Gasteiger partial charge in [0.2, 0.25) is 0 Å². The maximum atomic E-state index is 13.4. The molecule has 1 saturated heterocycles. The van der Waals surface area contributed by atoms with Gasteiger partial charge in [-0.3, -0.25) is 9.59 Å². The highest BCUT2D eigenvalue weighted by Crippen LogP contribution is 2.37. The molecule has 8 heteroatoms. The van der Waals surface area contributed by atoms with Crippen molar-refractivity contribution in [3.8, 4) is 5.75 Å². The molecule has 0 radical (unpaired) electrons. The van der Waals surface area contributed by atoms with Gasteiger partial charge in [0.05, 0.1) is 13.2 Å². The van der Waals surface area contributed by atoms with Crippen LogP contribution >= 0.6 is 11.3 Å². The number of rotatable bonds is 5. The number of fused-ring (bicyclic) bond motifs is 1. The molecule has 1 fully saturated rings. The molecule has 3 heterocycles. The van der Waals surface area contributed by atoms with Crippen LogP contribution in [0.2, 0.25) is 0 Å². The first-order valence-corrected chi connectivity index (χ1v) is 10.9. The van der Waals surface area contributed by atoms with E-state index in [2.05, 4.69) is 4.98 Å². The highest BCUT2D eigenvalue weighted by atomic mass is 32.1. The summed E-state index contributed by atoms with van der Waals surface area (Å²) in [6, 6.07) is 11.3. The number of hydrogen-bond donors (Lipinski definition) is 1. The summed E-state index contributed by atoms with van der Waals surface area (Å²) in [5, 5.41) is 0.830. The number of nitrogens with two attached hydrogens (primary N) is 1. The second-order valence-corrected chi connectivity index (χ2v) is 9.05. The number of carbonyl (C=O) groups is 2. The fourth-order valence-corrected chi connectivity index (χ4v) is 4.88. The third-order valence-corrected chi connectivity index (χ3v) is 6.52. The van der Waals surface area contributed by atoms with Crippen molar-refractivity contribution in [1.29, 1.82) is 0 Å². The predicted molar refractivity (Wildman–Crippen MR) is 119 cm³/mol. The van der Waals surface area contributed by atoms with E-state index in [9.17, 15) is 9.59 Å². The van der Waals surface area contributed by atoms with E-state index in [-0.39, 0.29) is 5.91 Å². The number of hydrogen-bond acceptors (Lipinski definition) is 6. The van der Waals surface area contributed by atoms with E-state index in [0.717, 1.165) is 15.8 Å². The number of primary amides is 1. The van der Waals surface area contributed by atoms with E-state index in [1.807, 2.05) is 43.3 Å². The van der Waals surface area contributed by atoms with Crippen LogP contribution in [-0.2, 0) is 9.53 Å². The summed E-state index contributed by atoms with van der Waals surface area (Å²) in [6.07, 6.45) is 1.21. The minimum atomic E-state index is -1.06. The standard InChI is InChI=1S/C23H25N3O4S/c1-14-7-4-5-9-16(14)30-23(2,3)22(28)26-11-12-29-17(13-26)18-15-8-6-10-25-21(15)31-19(18)20(24)27/h4-10,17H,11-13H2,1-3H3,(H2,24,27). The summed E-state index contributed by atoms with van der Waals surface area (Å²) in [5.74, 6) is 0.0205. The van der Waals surface area contributed by atoms with Crippen molar-refractivity contribution >= 4 is 33.4 Å². The Labute approximate surface area is 184 Å². The number of ether oxygens (including phenoxy) is 2. The molecule has 0 bridgehead atoms. The molecule has 2 amide bonds. The Bertz CT molecular complexity index is 1140. The number of pyridine rings is 1. The zero-order chi connectivity index (χ0) is 22.2. The van der Waals surface area contributed by atoms with E-state index in [4.69, 9.17) is 15.2 Å². The van der Waals surface area contributed by atoms with Crippen molar-refractivity contribution in [1.82, 2.24) is 9.88 Å². The number of benzene rings is 1. The maximum Gasteiger partial charge on any atom is 0.266 e. The second-order valence-electron chi connectivity index (χ2n) is 8.05. The van der Waals surface area contributed by atoms with E-state index >= 15 is 0 Å². The van der Waals surface area contributed by atoms with Crippen LogP contribution < -0.4 is 10.5 Å². The molecule has 0 saturated carbocycles.